The first kappa shape index (κ1) is 40.1. The molecule has 14 nitrogen and oxygen atoms in total. The van der Waals surface area contributed by atoms with Gasteiger partial charge in [-0.05, 0) is 62.8 Å². The SMILES string of the molecule is COc1cc(CCC(=O)N[C@H]2CC[C@H](C)CC2)ccc1OCCN1CCN(C)CC1.O=C(O)CCC(=O)O.O=C(O)CCC(=O)O. The molecule has 0 radical (unpaired) electrons. The van der Waals surface area contributed by atoms with Crippen LogP contribution in [-0.4, -0.2) is 120 Å². The number of methoxy groups -OCH3 is 1. The summed E-state index contributed by atoms with van der Waals surface area (Å²) in [5, 5.41) is 34.8. The van der Waals surface area contributed by atoms with Crippen LogP contribution in [0.5, 0.6) is 11.5 Å². The minimum atomic E-state index is -1.08. The predicted molar refractivity (Wildman–Crippen MR) is 169 cm³/mol. The van der Waals surface area contributed by atoms with Crippen LogP contribution in [0.4, 0.5) is 0 Å². The summed E-state index contributed by atoms with van der Waals surface area (Å²) in [5.41, 5.74) is 1.10. The average molecular weight is 654 g/mol. The van der Waals surface area contributed by atoms with E-state index in [0.29, 0.717) is 25.5 Å². The van der Waals surface area contributed by atoms with Crippen LogP contribution in [0, 0.1) is 5.92 Å². The minimum absolute atomic E-state index is 0.154. The molecule has 2 aliphatic rings. The van der Waals surface area contributed by atoms with E-state index in [-0.39, 0.29) is 31.6 Å². The molecule has 5 N–H and O–H groups in total. The zero-order valence-electron chi connectivity index (χ0n) is 27.2. The van der Waals surface area contributed by atoms with E-state index in [1.807, 2.05) is 18.2 Å². The lowest BCUT2D eigenvalue weighted by molar-refractivity contribution is -0.143. The number of nitrogens with one attached hydrogen (secondary N) is 1. The first-order valence-corrected chi connectivity index (χ1v) is 15.7. The van der Waals surface area contributed by atoms with Crippen LogP contribution < -0.4 is 14.8 Å². The van der Waals surface area contributed by atoms with Gasteiger partial charge in [0.25, 0.3) is 0 Å². The van der Waals surface area contributed by atoms with Crippen molar-refractivity contribution >= 4 is 29.8 Å². The molecular formula is C32H51N3O11. The number of nitrogens with zero attached hydrogens (tertiary/aromatic N) is 2. The van der Waals surface area contributed by atoms with Crippen LogP contribution in [0.1, 0.15) is 70.3 Å². The Labute approximate surface area is 270 Å². The fraction of sp³-hybridized carbons (Fsp3) is 0.656. The van der Waals surface area contributed by atoms with E-state index < -0.39 is 23.9 Å². The van der Waals surface area contributed by atoms with E-state index in [1.54, 1.807) is 7.11 Å². The highest BCUT2D eigenvalue weighted by Crippen LogP contribution is 2.29. The monoisotopic (exact) mass is 653 g/mol. The Bertz CT molecular complexity index is 1040. The van der Waals surface area contributed by atoms with Crippen LogP contribution in [0.2, 0.25) is 0 Å². The molecule has 1 aromatic carbocycles. The molecule has 0 bridgehead atoms. The van der Waals surface area contributed by atoms with E-state index in [4.69, 9.17) is 29.9 Å². The first-order chi connectivity index (χ1) is 21.8. The van der Waals surface area contributed by atoms with Crippen LogP contribution >= 0.6 is 0 Å². The van der Waals surface area contributed by atoms with E-state index in [1.165, 1.54) is 12.8 Å². The maximum absolute atomic E-state index is 12.3. The number of aliphatic carboxylic acids is 4. The molecule has 0 spiro atoms. The molecule has 46 heavy (non-hydrogen) atoms. The zero-order valence-corrected chi connectivity index (χ0v) is 27.2. The molecule has 3 rings (SSSR count). The number of carboxylic acid groups (broad SMARTS) is 4. The predicted octanol–water partition coefficient (Wildman–Crippen LogP) is 2.82. The summed E-state index contributed by atoms with van der Waals surface area (Å²) >= 11 is 0. The Kier molecular flexibility index (Phi) is 19.7. The van der Waals surface area contributed by atoms with Crippen LogP contribution in [0.15, 0.2) is 18.2 Å². The highest BCUT2D eigenvalue weighted by atomic mass is 16.5. The smallest absolute Gasteiger partial charge is 0.303 e. The summed E-state index contributed by atoms with van der Waals surface area (Å²) in [5.74, 6) is -1.84. The standard InChI is InChI=1S/C24H39N3O3.2C4H6O4/c1-19-4-8-21(9-5-19)25-24(28)11-7-20-6-10-22(23(18-20)29-3)30-17-16-27-14-12-26(2)13-15-27;2*5-3(6)1-2-4(7)8/h6,10,18-19,21H,4-5,7-9,11-17H2,1-3H3,(H,25,28);2*1-2H2,(H,5,6)(H,7,8)/t19-,21-;;. The zero-order chi connectivity index (χ0) is 34.5. The largest absolute Gasteiger partial charge is 0.493 e. The number of likely N-dealkylation sites (N-methyl/N-ethyl adjacent to an activating group) is 1. The number of amides is 1. The Morgan fingerprint density at radius 2 is 1.30 bits per heavy atom. The molecule has 260 valence electrons. The topological polar surface area (TPSA) is 203 Å². The molecule has 14 heteroatoms. The molecule has 1 saturated heterocycles. The highest BCUT2D eigenvalue weighted by molar-refractivity contribution is 5.76. The Morgan fingerprint density at radius 3 is 1.78 bits per heavy atom. The van der Waals surface area contributed by atoms with Gasteiger partial charge in [0.2, 0.25) is 5.91 Å². The summed E-state index contributed by atoms with van der Waals surface area (Å²) in [6.07, 6.45) is 4.71. The third-order valence-electron chi connectivity index (χ3n) is 7.62. The molecule has 1 aromatic rings. The summed E-state index contributed by atoms with van der Waals surface area (Å²) < 4.78 is 11.5. The van der Waals surface area contributed by atoms with Gasteiger partial charge < -0.3 is 40.1 Å². The van der Waals surface area contributed by atoms with Crippen molar-refractivity contribution in [3.8, 4) is 11.5 Å². The number of aryl methyl sites for hydroxylation is 1. The lowest BCUT2D eigenvalue weighted by atomic mass is 9.87. The molecule has 0 aromatic heterocycles. The van der Waals surface area contributed by atoms with Crippen molar-refractivity contribution in [2.75, 3.05) is 53.5 Å². The fourth-order valence-corrected chi connectivity index (χ4v) is 4.73. The molecule has 1 heterocycles. The molecule has 1 aliphatic heterocycles. The first-order valence-electron chi connectivity index (χ1n) is 15.7. The Balaban J connectivity index is 0.000000545. The van der Waals surface area contributed by atoms with E-state index in [9.17, 15) is 24.0 Å². The normalized spacial score (nSPS) is 18.1. The third kappa shape index (κ3) is 19.5. The van der Waals surface area contributed by atoms with Gasteiger partial charge in [-0.25, -0.2) is 0 Å². The highest BCUT2D eigenvalue weighted by Gasteiger charge is 2.20. The van der Waals surface area contributed by atoms with Gasteiger partial charge in [-0.2, -0.15) is 0 Å². The summed E-state index contributed by atoms with van der Waals surface area (Å²) in [4.78, 5) is 55.7. The summed E-state index contributed by atoms with van der Waals surface area (Å²) in [7, 11) is 3.84. The number of carbonyl (C=O) groups is 5. The molecule has 0 unspecified atom stereocenters. The minimum Gasteiger partial charge on any atom is -0.493 e. The third-order valence-corrected chi connectivity index (χ3v) is 7.62. The number of carbonyl (C=O) groups excluding carboxylic acids is 1. The van der Waals surface area contributed by atoms with Crippen molar-refractivity contribution in [2.24, 2.45) is 5.92 Å². The van der Waals surface area contributed by atoms with Gasteiger partial charge in [-0.3, -0.25) is 28.9 Å². The number of hydrogen-bond donors (Lipinski definition) is 5. The maximum Gasteiger partial charge on any atom is 0.303 e. The summed E-state index contributed by atoms with van der Waals surface area (Å²) in [6.45, 7) is 8.30. The molecular weight excluding hydrogens is 602 g/mol. The van der Waals surface area contributed by atoms with Gasteiger partial charge in [0, 0.05) is 45.2 Å². The fourth-order valence-electron chi connectivity index (χ4n) is 4.73. The second-order valence-electron chi connectivity index (χ2n) is 11.6. The molecule has 2 fully saturated rings. The van der Waals surface area contributed by atoms with Crippen molar-refractivity contribution in [1.29, 1.82) is 0 Å². The number of hydrogen-bond acceptors (Lipinski definition) is 9. The second kappa shape index (κ2) is 22.6. The molecule has 1 aliphatic carbocycles. The van der Waals surface area contributed by atoms with Gasteiger partial charge in [-0.1, -0.05) is 13.0 Å². The van der Waals surface area contributed by atoms with Crippen LogP contribution in [0.3, 0.4) is 0 Å². The van der Waals surface area contributed by atoms with Gasteiger partial charge >= 0.3 is 23.9 Å². The van der Waals surface area contributed by atoms with Gasteiger partial charge in [0.05, 0.1) is 32.8 Å². The quantitative estimate of drug-likeness (QED) is 0.185. The number of carboxylic acids is 4. The lowest BCUT2D eigenvalue weighted by Gasteiger charge is -2.32. The van der Waals surface area contributed by atoms with Crippen molar-refractivity contribution in [1.82, 2.24) is 15.1 Å². The van der Waals surface area contributed by atoms with Crippen molar-refractivity contribution in [2.45, 2.75) is 77.2 Å². The average Bonchev–Trinajstić information content (AvgIpc) is 3.01. The van der Waals surface area contributed by atoms with E-state index >= 15 is 0 Å². The van der Waals surface area contributed by atoms with Crippen LogP contribution in [-0.2, 0) is 30.4 Å². The number of rotatable bonds is 15. The molecule has 0 atom stereocenters. The Hall–Kier alpha value is -3.91. The van der Waals surface area contributed by atoms with Crippen molar-refractivity contribution < 1.29 is 53.9 Å². The lowest BCUT2D eigenvalue weighted by Crippen LogP contribution is -2.45. The number of ether oxygens (including phenoxy) is 2. The van der Waals surface area contributed by atoms with Gasteiger partial charge in [0.1, 0.15) is 6.61 Å². The number of piperazine rings is 1. The van der Waals surface area contributed by atoms with E-state index in [2.05, 4.69) is 29.1 Å². The Morgan fingerprint density at radius 1 is 0.783 bits per heavy atom. The van der Waals surface area contributed by atoms with Crippen molar-refractivity contribution in [3.05, 3.63) is 23.8 Å². The second-order valence-corrected chi connectivity index (χ2v) is 11.6. The van der Waals surface area contributed by atoms with Gasteiger partial charge in [-0.15, -0.1) is 0 Å². The maximum atomic E-state index is 12.3. The summed E-state index contributed by atoms with van der Waals surface area (Å²) in [6, 6.07) is 6.38. The van der Waals surface area contributed by atoms with Crippen LogP contribution in [0.25, 0.3) is 0 Å². The molecule has 1 amide bonds. The van der Waals surface area contributed by atoms with Crippen molar-refractivity contribution in [3.63, 3.8) is 0 Å². The van der Waals surface area contributed by atoms with E-state index in [0.717, 1.165) is 68.5 Å². The molecule has 1 saturated carbocycles. The number of benzene rings is 1. The van der Waals surface area contributed by atoms with Gasteiger partial charge in [0.15, 0.2) is 11.5 Å².